The van der Waals surface area contributed by atoms with Crippen LogP contribution in [0.5, 0.6) is 17.2 Å². The number of carbonyl (C=O) groups is 2. The first-order chi connectivity index (χ1) is 18.9. The molecule has 1 N–H and O–H groups in total. The van der Waals surface area contributed by atoms with Crippen LogP contribution < -0.4 is 19.6 Å². The minimum absolute atomic E-state index is 0.190. The lowest BCUT2D eigenvalue weighted by Crippen LogP contribution is -2.33. The Labute approximate surface area is 235 Å². The minimum atomic E-state index is -0.797. The topological polar surface area (TPSA) is 86.2 Å². The van der Waals surface area contributed by atoms with Gasteiger partial charge in [-0.25, -0.2) is 10.2 Å². The maximum atomic E-state index is 12.4. The van der Waals surface area contributed by atoms with Gasteiger partial charge in [0.25, 0.3) is 5.91 Å². The Morgan fingerprint density at radius 1 is 0.872 bits per heavy atom. The molecule has 1 amide bonds. The van der Waals surface area contributed by atoms with Gasteiger partial charge in [-0.3, -0.25) is 4.79 Å². The summed E-state index contributed by atoms with van der Waals surface area (Å²) < 4.78 is 16.9. The lowest BCUT2D eigenvalue weighted by Gasteiger charge is -2.13. The molecule has 4 rings (SSSR count). The molecular weight excluding hydrogens is 539 g/mol. The molecule has 4 aromatic carbocycles. The summed E-state index contributed by atoms with van der Waals surface area (Å²) in [6.07, 6.45) is 0.630. The van der Waals surface area contributed by atoms with Crippen LogP contribution in [0.2, 0.25) is 10.0 Å². The fourth-order valence-corrected chi connectivity index (χ4v) is 3.84. The van der Waals surface area contributed by atoms with E-state index in [2.05, 4.69) is 10.5 Å². The molecule has 0 aliphatic rings. The standard InChI is InChI=1S/C30H24Cl2N2O5/c1-20(38-25-13-11-24(12-14-25)37-19-21-6-3-2-4-7-21)29(35)34-33-18-22-8-5-9-26(16-22)39-30(36)27-15-10-23(31)17-28(27)32/h2-18,20H,19H2,1H3,(H,34,35)/b33-18-/t20-/m0/s1. The van der Waals surface area contributed by atoms with Crippen molar-refractivity contribution in [1.82, 2.24) is 5.43 Å². The van der Waals surface area contributed by atoms with Gasteiger partial charge in [-0.1, -0.05) is 65.7 Å². The number of carbonyl (C=O) groups excluding carboxylic acids is 2. The van der Waals surface area contributed by atoms with Gasteiger partial charge in [0.05, 0.1) is 16.8 Å². The molecule has 4 aromatic rings. The molecule has 0 bridgehead atoms. The van der Waals surface area contributed by atoms with Crippen molar-refractivity contribution in [2.24, 2.45) is 5.10 Å². The predicted molar refractivity (Wildman–Crippen MR) is 151 cm³/mol. The molecule has 0 fully saturated rings. The normalized spacial score (nSPS) is 11.6. The zero-order valence-electron chi connectivity index (χ0n) is 20.8. The number of benzene rings is 4. The van der Waals surface area contributed by atoms with Crippen molar-refractivity contribution in [3.8, 4) is 17.2 Å². The molecule has 0 heterocycles. The van der Waals surface area contributed by atoms with Gasteiger partial charge >= 0.3 is 5.97 Å². The van der Waals surface area contributed by atoms with Crippen molar-refractivity contribution < 1.29 is 23.8 Å². The van der Waals surface area contributed by atoms with E-state index in [1.165, 1.54) is 18.3 Å². The maximum Gasteiger partial charge on any atom is 0.345 e. The molecule has 9 heteroatoms. The van der Waals surface area contributed by atoms with Crippen LogP contribution in [0.3, 0.4) is 0 Å². The number of halogens is 2. The monoisotopic (exact) mass is 562 g/mol. The quantitative estimate of drug-likeness (QED) is 0.100. The number of hydrazone groups is 1. The Morgan fingerprint density at radius 2 is 1.62 bits per heavy atom. The first-order valence-electron chi connectivity index (χ1n) is 11.9. The van der Waals surface area contributed by atoms with Crippen molar-refractivity contribution in [2.45, 2.75) is 19.6 Å². The van der Waals surface area contributed by atoms with E-state index in [0.29, 0.717) is 28.7 Å². The number of nitrogens with one attached hydrogen (secondary N) is 1. The van der Waals surface area contributed by atoms with E-state index in [1.807, 2.05) is 30.3 Å². The molecular formula is C30H24Cl2N2O5. The average Bonchev–Trinajstić information content (AvgIpc) is 2.93. The highest BCUT2D eigenvalue weighted by molar-refractivity contribution is 6.36. The van der Waals surface area contributed by atoms with Gasteiger partial charge < -0.3 is 14.2 Å². The van der Waals surface area contributed by atoms with E-state index in [0.717, 1.165) is 5.56 Å². The highest BCUT2D eigenvalue weighted by Crippen LogP contribution is 2.23. The number of rotatable bonds is 10. The van der Waals surface area contributed by atoms with Gasteiger partial charge in [0.1, 0.15) is 23.9 Å². The first kappa shape index (κ1) is 27.7. The van der Waals surface area contributed by atoms with Crippen molar-refractivity contribution in [3.05, 3.63) is 124 Å². The van der Waals surface area contributed by atoms with Crippen LogP contribution in [-0.2, 0) is 11.4 Å². The van der Waals surface area contributed by atoms with Gasteiger partial charge in [-0.15, -0.1) is 0 Å². The SMILES string of the molecule is C[C@H](Oc1ccc(OCc2ccccc2)cc1)C(=O)N/N=C\c1cccc(OC(=O)c2ccc(Cl)cc2Cl)c1. The Kier molecular flexibility index (Phi) is 9.56. The number of amides is 1. The third kappa shape index (κ3) is 8.33. The van der Waals surface area contributed by atoms with Crippen molar-refractivity contribution in [1.29, 1.82) is 0 Å². The third-order valence-electron chi connectivity index (χ3n) is 5.36. The Bertz CT molecular complexity index is 1460. The molecule has 198 valence electrons. The molecule has 0 saturated heterocycles. The second-order valence-corrected chi connectivity index (χ2v) is 9.17. The fraction of sp³-hybridized carbons (Fsp3) is 0.100. The molecule has 0 spiro atoms. The summed E-state index contributed by atoms with van der Waals surface area (Å²) in [6, 6.07) is 28.0. The van der Waals surface area contributed by atoms with Gasteiger partial charge in [0.2, 0.25) is 0 Å². The van der Waals surface area contributed by atoms with Crippen LogP contribution in [0.25, 0.3) is 0 Å². The molecule has 0 aliphatic carbocycles. The van der Waals surface area contributed by atoms with Crippen molar-refractivity contribution in [2.75, 3.05) is 0 Å². The lowest BCUT2D eigenvalue weighted by molar-refractivity contribution is -0.127. The van der Waals surface area contributed by atoms with Crippen LogP contribution in [-0.4, -0.2) is 24.2 Å². The second-order valence-electron chi connectivity index (χ2n) is 8.33. The van der Waals surface area contributed by atoms with E-state index in [9.17, 15) is 9.59 Å². The van der Waals surface area contributed by atoms with E-state index < -0.39 is 18.0 Å². The Balaban J connectivity index is 1.26. The summed E-state index contributed by atoms with van der Waals surface area (Å²) in [5, 5.41) is 4.58. The van der Waals surface area contributed by atoms with Crippen molar-refractivity contribution in [3.63, 3.8) is 0 Å². The molecule has 39 heavy (non-hydrogen) atoms. The van der Waals surface area contributed by atoms with Gasteiger partial charge in [-0.05, 0) is 72.6 Å². The fourth-order valence-electron chi connectivity index (χ4n) is 3.35. The highest BCUT2D eigenvalue weighted by atomic mass is 35.5. The molecule has 7 nitrogen and oxygen atoms in total. The summed E-state index contributed by atoms with van der Waals surface area (Å²) in [6.45, 7) is 2.08. The van der Waals surface area contributed by atoms with E-state index >= 15 is 0 Å². The number of hydrogen-bond donors (Lipinski definition) is 1. The first-order valence-corrected chi connectivity index (χ1v) is 12.7. The largest absolute Gasteiger partial charge is 0.489 e. The summed E-state index contributed by atoms with van der Waals surface area (Å²) in [4.78, 5) is 24.9. The smallest absolute Gasteiger partial charge is 0.345 e. The van der Waals surface area contributed by atoms with Crippen LogP contribution in [0.15, 0.2) is 102 Å². The minimum Gasteiger partial charge on any atom is -0.489 e. The average molecular weight is 563 g/mol. The second kappa shape index (κ2) is 13.5. The maximum absolute atomic E-state index is 12.4. The molecule has 0 unspecified atom stereocenters. The van der Waals surface area contributed by atoms with E-state index in [4.69, 9.17) is 37.4 Å². The summed E-state index contributed by atoms with van der Waals surface area (Å²) >= 11 is 11.9. The number of esters is 1. The molecule has 0 aliphatic heterocycles. The molecule has 0 radical (unpaired) electrons. The number of ether oxygens (including phenoxy) is 3. The predicted octanol–water partition coefficient (Wildman–Crippen LogP) is 6.71. The van der Waals surface area contributed by atoms with Crippen LogP contribution >= 0.6 is 23.2 Å². The summed E-state index contributed by atoms with van der Waals surface area (Å²) in [5.41, 5.74) is 4.30. The van der Waals surface area contributed by atoms with Gasteiger partial charge in [-0.2, -0.15) is 5.10 Å². The summed E-state index contributed by atoms with van der Waals surface area (Å²) in [7, 11) is 0. The Hall–Kier alpha value is -4.33. The zero-order valence-corrected chi connectivity index (χ0v) is 22.4. The van der Waals surface area contributed by atoms with Crippen molar-refractivity contribution >= 4 is 41.3 Å². The van der Waals surface area contributed by atoms with Gasteiger partial charge in [0.15, 0.2) is 6.10 Å². The highest BCUT2D eigenvalue weighted by Gasteiger charge is 2.15. The van der Waals surface area contributed by atoms with Crippen LogP contribution in [0.4, 0.5) is 0 Å². The summed E-state index contributed by atoms with van der Waals surface area (Å²) in [5.74, 6) is 0.437. The van der Waals surface area contributed by atoms with Crippen LogP contribution in [0, 0.1) is 0 Å². The lowest BCUT2D eigenvalue weighted by atomic mass is 10.2. The molecule has 1 atom stereocenters. The van der Waals surface area contributed by atoms with E-state index in [-0.39, 0.29) is 16.3 Å². The Morgan fingerprint density at radius 3 is 2.36 bits per heavy atom. The molecule has 0 saturated carbocycles. The van der Waals surface area contributed by atoms with E-state index in [1.54, 1.807) is 61.5 Å². The number of nitrogens with zero attached hydrogens (tertiary/aromatic N) is 1. The zero-order chi connectivity index (χ0) is 27.6. The van der Waals surface area contributed by atoms with Gasteiger partial charge in [0, 0.05) is 5.02 Å². The van der Waals surface area contributed by atoms with Crippen LogP contribution in [0.1, 0.15) is 28.4 Å². The number of hydrogen-bond acceptors (Lipinski definition) is 6. The molecule has 0 aromatic heterocycles. The third-order valence-corrected chi connectivity index (χ3v) is 5.91.